The van der Waals surface area contributed by atoms with E-state index in [9.17, 15) is 4.79 Å². The molecule has 0 spiro atoms. The van der Waals surface area contributed by atoms with Gasteiger partial charge in [0.25, 0.3) is 0 Å². The number of amides is 1. The Balaban J connectivity index is 1.40. The minimum atomic E-state index is -0.437. The van der Waals surface area contributed by atoms with Gasteiger partial charge in [-0.05, 0) is 45.9 Å². The fourth-order valence-electron chi connectivity index (χ4n) is 2.96. The molecule has 0 saturated carbocycles. The predicted octanol–water partition coefficient (Wildman–Crippen LogP) is 3.31. The second kappa shape index (κ2) is 7.44. The van der Waals surface area contributed by atoms with Crippen molar-refractivity contribution in [2.75, 3.05) is 32.7 Å². The van der Waals surface area contributed by atoms with Crippen molar-refractivity contribution in [2.24, 2.45) is 0 Å². The quantitative estimate of drug-likeness (QED) is 0.851. The summed E-state index contributed by atoms with van der Waals surface area (Å²) in [5.41, 5.74) is 1.33. The van der Waals surface area contributed by atoms with Crippen LogP contribution in [0.15, 0.2) is 28.7 Å². The molecule has 1 aliphatic rings. The van der Waals surface area contributed by atoms with Gasteiger partial charge in [-0.2, -0.15) is 0 Å². The summed E-state index contributed by atoms with van der Waals surface area (Å²) in [5, 5.41) is 0. The number of ether oxygens (including phenoxy) is 1. The van der Waals surface area contributed by atoms with Crippen LogP contribution in [0.25, 0.3) is 11.1 Å². The Bertz CT molecular complexity index is 679. The summed E-state index contributed by atoms with van der Waals surface area (Å²) in [6.07, 6.45) is 1.62. The van der Waals surface area contributed by atoms with E-state index in [1.807, 2.05) is 45.0 Å². The Labute approximate surface area is 148 Å². The Morgan fingerprint density at radius 2 is 1.92 bits per heavy atom. The molecule has 0 bridgehead atoms. The number of aryl methyl sites for hydroxylation is 1. The second-order valence-corrected chi connectivity index (χ2v) is 7.49. The Morgan fingerprint density at radius 1 is 1.20 bits per heavy atom. The topological polar surface area (TPSA) is 58.8 Å². The molecule has 6 nitrogen and oxygen atoms in total. The second-order valence-electron chi connectivity index (χ2n) is 7.49. The summed E-state index contributed by atoms with van der Waals surface area (Å²) in [7, 11) is 0. The third-order valence-corrected chi connectivity index (χ3v) is 4.23. The smallest absolute Gasteiger partial charge is 0.410 e. The number of hydrogen-bond donors (Lipinski definition) is 0. The molecule has 1 aromatic carbocycles. The number of aromatic nitrogens is 1. The van der Waals surface area contributed by atoms with Crippen molar-refractivity contribution in [3.05, 3.63) is 30.2 Å². The lowest BCUT2D eigenvalue weighted by molar-refractivity contribution is 0.0144. The molecule has 0 unspecified atom stereocenters. The van der Waals surface area contributed by atoms with Gasteiger partial charge in [0.2, 0.25) is 0 Å². The third-order valence-electron chi connectivity index (χ3n) is 4.23. The zero-order valence-corrected chi connectivity index (χ0v) is 15.3. The van der Waals surface area contributed by atoms with Gasteiger partial charge in [0.1, 0.15) is 11.1 Å². The summed E-state index contributed by atoms with van der Waals surface area (Å²) >= 11 is 0. The number of hydrogen-bond acceptors (Lipinski definition) is 5. The van der Waals surface area contributed by atoms with Crippen molar-refractivity contribution >= 4 is 17.2 Å². The number of carbonyl (C=O) groups excluding carboxylic acids is 1. The summed E-state index contributed by atoms with van der Waals surface area (Å²) < 4.78 is 11.2. The average Bonchev–Trinajstić information content (AvgIpc) is 2.96. The van der Waals surface area contributed by atoms with Crippen LogP contribution in [-0.4, -0.2) is 59.2 Å². The number of rotatable bonds is 4. The van der Waals surface area contributed by atoms with E-state index < -0.39 is 5.60 Å². The van der Waals surface area contributed by atoms with Crippen LogP contribution in [0.3, 0.4) is 0 Å². The summed E-state index contributed by atoms with van der Waals surface area (Å²) in [6, 6.07) is 7.85. The first-order valence-corrected chi connectivity index (χ1v) is 8.95. The number of carbonyl (C=O) groups is 1. The molecule has 0 aliphatic carbocycles. The Morgan fingerprint density at radius 3 is 2.60 bits per heavy atom. The number of piperazine rings is 1. The lowest BCUT2D eigenvalue weighted by Gasteiger charge is -2.35. The summed E-state index contributed by atoms with van der Waals surface area (Å²) in [6.45, 7) is 9.88. The molecule has 1 amide bonds. The standard InChI is InChI=1S/C19H27N3O3/c1-19(2,3)25-18(23)22-13-11-21(12-14-22)10-6-9-17-20-15-7-4-5-8-16(15)24-17/h4-5,7-8H,6,9-14H2,1-3H3. The van der Waals surface area contributed by atoms with Crippen LogP contribution in [0.5, 0.6) is 0 Å². The zero-order chi connectivity index (χ0) is 17.9. The van der Waals surface area contributed by atoms with E-state index in [0.717, 1.165) is 62.6 Å². The Kier molecular flexibility index (Phi) is 5.27. The first kappa shape index (κ1) is 17.7. The fourth-order valence-corrected chi connectivity index (χ4v) is 2.96. The molecular formula is C19H27N3O3. The van der Waals surface area contributed by atoms with E-state index >= 15 is 0 Å². The molecule has 0 N–H and O–H groups in total. The number of oxazole rings is 1. The normalized spacial score (nSPS) is 16.4. The third kappa shape index (κ3) is 4.95. The number of benzene rings is 1. The van der Waals surface area contributed by atoms with E-state index in [0.29, 0.717) is 0 Å². The van der Waals surface area contributed by atoms with Crippen LogP contribution < -0.4 is 0 Å². The number of para-hydroxylation sites is 2. The Hall–Kier alpha value is -2.08. The maximum Gasteiger partial charge on any atom is 0.410 e. The van der Waals surface area contributed by atoms with Gasteiger partial charge in [-0.25, -0.2) is 9.78 Å². The molecule has 25 heavy (non-hydrogen) atoms. The van der Waals surface area contributed by atoms with Gasteiger partial charge in [0, 0.05) is 32.6 Å². The highest BCUT2D eigenvalue weighted by atomic mass is 16.6. The molecule has 3 rings (SSSR count). The van der Waals surface area contributed by atoms with E-state index in [4.69, 9.17) is 9.15 Å². The SMILES string of the molecule is CC(C)(C)OC(=O)N1CCN(CCCc2nc3ccccc3o2)CC1. The highest BCUT2D eigenvalue weighted by Crippen LogP contribution is 2.16. The molecule has 1 aliphatic heterocycles. The van der Waals surface area contributed by atoms with Crippen LogP contribution >= 0.6 is 0 Å². The van der Waals surface area contributed by atoms with E-state index in [2.05, 4.69) is 9.88 Å². The minimum Gasteiger partial charge on any atom is -0.444 e. The van der Waals surface area contributed by atoms with Crippen molar-refractivity contribution in [3.8, 4) is 0 Å². The highest BCUT2D eigenvalue weighted by Gasteiger charge is 2.25. The predicted molar refractivity (Wildman–Crippen MR) is 96.6 cm³/mol. The molecule has 136 valence electrons. The highest BCUT2D eigenvalue weighted by molar-refractivity contribution is 5.72. The van der Waals surface area contributed by atoms with Crippen LogP contribution in [-0.2, 0) is 11.2 Å². The fraction of sp³-hybridized carbons (Fsp3) is 0.579. The molecule has 2 aromatic rings. The van der Waals surface area contributed by atoms with E-state index in [1.165, 1.54) is 0 Å². The van der Waals surface area contributed by atoms with Gasteiger partial charge in [-0.1, -0.05) is 12.1 Å². The lowest BCUT2D eigenvalue weighted by Crippen LogP contribution is -2.50. The van der Waals surface area contributed by atoms with Gasteiger partial charge in [0.05, 0.1) is 0 Å². The van der Waals surface area contributed by atoms with Crippen LogP contribution in [0, 0.1) is 0 Å². The van der Waals surface area contributed by atoms with Gasteiger partial charge in [-0.15, -0.1) is 0 Å². The van der Waals surface area contributed by atoms with Gasteiger partial charge >= 0.3 is 6.09 Å². The molecule has 2 heterocycles. The van der Waals surface area contributed by atoms with Crippen LogP contribution in [0.4, 0.5) is 4.79 Å². The van der Waals surface area contributed by atoms with Crippen LogP contribution in [0.1, 0.15) is 33.1 Å². The molecule has 6 heteroatoms. The van der Waals surface area contributed by atoms with Gasteiger partial charge in [-0.3, -0.25) is 4.90 Å². The van der Waals surface area contributed by atoms with Crippen molar-refractivity contribution in [1.82, 2.24) is 14.8 Å². The average molecular weight is 345 g/mol. The summed E-state index contributed by atoms with van der Waals surface area (Å²) in [4.78, 5) is 20.8. The van der Waals surface area contributed by atoms with Gasteiger partial charge in [0.15, 0.2) is 11.5 Å². The maximum absolute atomic E-state index is 12.1. The van der Waals surface area contributed by atoms with Gasteiger partial charge < -0.3 is 14.1 Å². The maximum atomic E-state index is 12.1. The first-order valence-electron chi connectivity index (χ1n) is 8.95. The first-order chi connectivity index (χ1) is 11.9. The monoisotopic (exact) mass is 345 g/mol. The molecule has 0 radical (unpaired) electrons. The molecule has 1 aromatic heterocycles. The summed E-state index contributed by atoms with van der Waals surface area (Å²) in [5.74, 6) is 0.800. The molecular weight excluding hydrogens is 318 g/mol. The number of nitrogens with zero attached hydrogens (tertiary/aromatic N) is 3. The molecule has 1 fully saturated rings. The number of fused-ring (bicyclic) bond motifs is 1. The van der Waals surface area contributed by atoms with Crippen molar-refractivity contribution in [3.63, 3.8) is 0 Å². The molecule has 1 saturated heterocycles. The molecule has 0 atom stereocenters. The largest absolute Gasteiger partial charge is 0.444 e. The lowest BCUT2D eigenvalue weighted by atomic mass is 10.2. The van der Waals surface area contributed by atoms with Crippen LogP contribution in [0.2, 0.25) is 0 Å². The minimum absolute atomic E-state index is 0.210. The zero-order valence-electron chi connectivity index (χ0n) is 15.3. The van der Waals surface area contributed by atoms with Crippen molar-refractivity contribution in [1.29, 1.82) is 0 Å². The van der Waals surface area contributed by atoms with E-state index in [1.54, 1.807) is 4.90 Å². The van der Waals surface area contributed by atoms with E-state index in [-0.39, 0.29) is 6.09 Å². The van der Waals surface area contributed by atoms with Crippen molar-refractivity contribution < 1.29 is 13.9 Å². The van der Waals surface area contributed by atoms with Crippen molar-refractivity contribution in [2.45, 2.75) is 39.2 Å².